The lowest BCUT2D eigenvalue weighted by Crippen LogP contribution is -2.35. The van der Waals surface area contributed by atoms with Crippen molar-refractivity contribution in [1.29, 1.82) is 0 Å². The zero-order valence-corrected chi connectivity index (χ0v) is 12.5. The van der Waals surface area contributed by atoms with Gasteiger partial charge in [-0.05, 0) is 39.1 Å². The van der Waals surface area contributed by atoms with Gasteiger partial charge in [0.2, 0.25) is 0 Å². The molecule has 0 spiro atoms. The highest BCUT2D eigenvalue weighted by Crippen LogP contribution is 2.21. The molecule has 0 bridgehead atoms. The molecule has 5 heteroatoms. The number of hydrogen-bond acceptors (Lipinski definition) is 4. The van der Waals surface area contributed by atoms with E-state index >= 15 is 0 Å². The zero-order valence-electron chi connectivity index (χ0n) is 11.7. The first-order valence-electron chi connectivity index (χ1n) is 6.27. The van der Waals surface area contributed by atoms with E-state index in [0.29, 0.717) is 5.82 Å². The highest BCUT2D eigenvalue weighted by Gasteiger charge is 2.17. The average Bonchev–Trinajstić information content (AvgIpc) is 2.83. The summed E-state index contributed by atoms with van der Waals surface area (Å²) in [6.45, 7) is 8.03. The monoisotopic (exact) mass is 277 g/mol. The molecule has 4 nitrogen and oxygen atoms in total. The Kier molecular flexibility index (Phi) is 3.75. The molecule has 0 aliphatic heterocycles. The maximum Gasteiger partial charge on any atom is 0.293 e. The van der Waals surface area contributed by atoms with E-state index in [1.165, 1.54) is 4.88 Å². The number of thiophene rings is 1. The SMILES string of the molecule is CC(Nc1nccn(C(C)(C)C)c1=O)c1cccs1. The first-order valence-corrected chi connectivity index (χ1v) is 7.15. The van der Waals surface area contributed by atoms with Gasteiger partial charge >= 0.3 is 0 Å². The summed E-state index contributed by atoms with van der Waals surface area (Å²) in [6.07, 6.45) is 3.39. The molecule has 0 aromatic carbocycles. The fraction of sp³-hybridized carbons (Fsp3) is 0.429. The van der Waals surface area contributed by atoms with E-state index in [1.54, 1.807) is 28.3 Å². The lowest BCUT2D eigenvalue weighted by atomic mass is 10.1. The highest BCUT2D eigenvalue weighted by atomic mass is 32.1. The molecule has 0 radical (unpaired) electrons. The maximum atomic E-state index is 12.4. The molecular formula is C14H19N3OS. The minimum absolute atomic E-state index is 0.0796. The minimum Gasteiger partial charge on any atom is -0.358 e. The van der Waals surface area contributed by atoms with Gasteiger partial charge in [-0.1, -0.05) is 6.07 Å². The van der Waals surface area contributed by atoms with E-state index in [0.717, 1.165) is 0 Å². The molecule has 0 amide bonds. The van der Waals surface area contributed by atoms with Crippen molar-refractivity contribution < 1.29 is 0 Å². The van der Waals surface area contributed by atoms with Crippen LogP contribution in [0.5, 0.6) is 0 Å². The van der Waals surface area contributed by atoms with Gasteiger partial charge in [0.15, 0.2) is 5.82 Å². The largest absolute Gasteiger partial charge is 0.358 e. The van der Waals surface area contributed by atoms with E-state index < -0.39 is 0 Å². The molecule has 2 aromatic heterocycles. The van der Waals surface area contributed by atoms with Crippen LogP contribution in [0, 0.1) is 0 Å². The van der Waals surface area contributed by atoms with Gasteiger partial charge in [0, 0.05) is 22.8 Å². The van der Waals surface area contributed by atoms with Crippen LogP contribution in [0.2, 0.25) is 0 Å². The van der Waals surface area contributed by atoms with Gasteiger partial charge in [-0.25, -0.2) is 4.98 Å². The second-order valence-electron chi connectivity index (χ2n) is 5.50. The summed E-state index contributed by atoms with van der Waals surface area (Å²) in [5, 5.41) is 5.22. The highest BCUT2D eigenvalue weighted by molar-refractivity contribution is 7.10. The fourth-order valence-corrected chi connectivity index (χ4v) is 2.59. The van der Waals surface area contributed by atoms with Gasteiger partial charge in [-0.2, -0.15) is 0 Å². The Labute approximate surface area is 117 Å². The summed E-state index contributed by atoms with van der Waals surface area (Å²) in [5.74, 6) is 0.401. The van der Waals surface area contributed by atoms with Crippen molar-refractivity contribution in [2.75, 3.05) is 5.32 Å². The van der Waals surface area contributed by atoms with Crippen LogP contribution in [0.4, 0.5) is 5.82 Å². The third-order valence-corrected chi connectivity index (χ3v) is 3.94. The standard InChI is InChI=1S/C14H19N3OS/c1-10(11-6-5-9-19-11)16-12-13(18)17(8-7-15-12)14(2,3)4/h5-10H,1-4H3,(H,15,16). The van der Waals surface area contributed by atoms with Gasteiger partial charge in [0.1, 0.15) is 0 Å². The maximum absolute atomic E-state index is 12.4. The van der Waals surface area contributed by atoms with Crippen LogP contribution in [0.25, 0.3) is 0 Å². The van der Waals surface area contributed by atoms with Gasteiger partial charge < -0.3 is 9.88 Å². The molecule has 102 valence electrons. The summed E-state index contributed by atoms with van der Waals surface area (Å²) in [7, 11) is 0. The molecule has 0 aliphatic rings. The predicted molar refractivity (Wildman–Crippen MR) is 79.8 cm³/mol. The van der Waals surface area contributed by atoms with Gasteiger partial charge in [-0.3, -0.25) is 4.79 Å². The molecule has 2 heterocycles. The topological polar surface area (TPSA) is 46.9 Å². The molecule has 2 aromatic rings. The van der Waals surface area contributed by atoms with Crippen LogP contribution < -0.4 is 10.9 Å². The lowest BCUT2D eigenvalue weighted by molar-refractivity contribution is 0.383. The van der Waals surface area contributed by atoms with Crippen molar-refractivity contribution in [2.45, 2.75) is 39.3 Å². The van der Waals surface area contributed by atoms with Gasteiger partial charge in [-0.15, -0.1) is 11.3 Å². The summed E-state index contributed by atoms with van der Waals surface area (Å²) in [5.41, 5.74) is -0.332. The predicted octanol–water partition coefficient (Wildman–Crippen LogP) is 3.23. The Morgan fingerprint density at radius 1 is 1.42 bits per heavy atom. The summed E-state index contributed by atoms with van der Waals surface area (Å²) in [4.78, 5) is 17.7. The van der Waals surface area contributed by atoms with Crippen molar-refractivity contribution in [2.24, 2.45) is 0 Å². The Morgan fingerprint density at radius 3 is 2.74 bits per heavy atom. The Bertz CT molecular complexity index is 596. The molecule has 1 atom stereocenters. The first-order chi connectivity index (χ1) is 8.89. The van der Waals surface area contributed by atoms with E-state index in [9.17, 15) is 4.79 Å². The number of rotatable bonds is 3. The van der Waals surface area contributed by atoms with Crippen molar-refractivity contribution in [1.82, 2.24) is 9.55 Å². The van der Waals surface area contributed by atoms with Crippen LogP contribution in [-0.4, -0.2) is 9.55 Å². The smallest absolute Gasteiger partial charge is 0.293 e. The number of nitrogens with one attached hydrogen (secondary N) is 1. The molecule has 0 saturated heterocycles. The van der Waals surface area contributed by atoms with Crippen LogP contribution in [0.1, 0.15) is 38.6 Å². The van der Waals surface area contributed by atoms with Gasteiger partial charge in [0.25, 0.3) is 5.56 Å². The second-order valence-corrected chi connectivity index (χ2v) is 6.48. The third-order valence-electron chi connectivity index (χ3n) is 2.89. The van der Waals surface area contributed by atoms with Crippen molar-refractivity contribution in [3.05, 3.63) is 45.1 Å². The first kappa shape index (κ1) is 13.8. The third kappa shape index (κ3) is 3.04. The molecule has 0 saturated carbocycles. The van der Waals surface area contributed by atoms with E-state index in [-0.39, 0.29) is 17.1 Å². The zero-order chi connectivity index (χ0) is 14.0. The van der Waals surface area contributed by atoms with Gasteiger partial charge in [0.05, 0.1) is 6.04 Å². The molecule has 0 aliphatic carbocycles. The van der Waals surface area contributed by atoms with Crippen LogP contribution in [0.15, 0.2) is 34.7 Å². The molecule has 2 rings (SSSR count). The fourth-order valence-electron chi connectivity index (χ4n) is 1.85. The van der Waals surface area contributed by atoms with E-state index in [4.69, 9.17) is 0 Å². The number of hydrogen-bond donors (Lipinski definition) is 1. The lowest BCUT2D eigenvalue weighted by Gasteiger charge is -2.23. The number of anilines is 1. The normalized spacial score (nSPS) is 13.3. The van der Waals surface area contributed by atoms with Crippen LogP contribution in [0.3, 0.4) is 0 Å². The number of nitrogens with zero attached hydrogens (tertiary/aromatic N) is 2. The second kappa shape index (κ2) is 5.17. The summed E-state index contributed by atoms with van der Waals surface area (Å²) >= 11 is 1.67. The van der Waals surface area contributed by atoms with Crippen molar-refractivity contribution in [3.8, 4) is 0 Å². The Hall–Kier alpha value is -1.62. The minimum atomic E-state index is -0.247. The van der Waals surface area contributed by atoms with Crippen LogP contribution in [-0.2, 0) is 5.54 Å². The quantitative estimate of drug-likeness (QED) is 0.937. The molecule has 0 fully saturated rings. The number of aromatic nitrogens is 2. The Balaban J connectivity index is 2.30. The van der Waals surface area contributed by atoms with Crippen LogP contribution >= 0.6 is 11.3 Å². The molecule has 1 unspecified atom stereocenters. The Morgan fingerprint density at radius 2 is 2.16 bits per heavy atom. The summed E-state index contributed by atoms with van der Waals surface area (Å²) < 4.78 is 1.70. The molecular weight excluding hydrogens is 258 g/mol. The molecule has 1 N–H and O–H groups in total. The van der Waals surface area contributed by atoms with Crippen molar-refractivity contribution >= 4 is 17.2 Å². The summed E-state index contributed by atoms with van der Waals surface area (Å²) in [6, 6.07) is 4.13. The average molecular weight is 277 g/mol. The van der Waals surface area contributed by atoms with Crippen molar-refractivity contribution in [3.63, 3.8) is 0 Å². The van der Waals surface area contributed by atoms with E-state index in [1.807, 2.05) is 45.2 Å². The van der Waals surface area contributed by atoms with E-state index in [2.05, 4.69) is 10.3 Å². The molecule has 19 heavy (non-hydrogen) atoms.